The van der Waals surface area contributed by atoms with Gasteiger partial charge in [-0.3, -0.25) is 4.90 Å². The fourth-order valence-corrected chi connectivity index (χ4v) is 3.02. The van der Waals surface area contributed by atoms with E-state index in [1.807, 2.05) is 0 Å². The van der Waals surface area contributed by atoms with E-state index in [2.05, 4.69) is 14.8 Å². The molecule has 1 aliphatic rings. The quantitative estimate of drug-likeness (QED) is 0.735. The molecule has 0 spiro atoms. The number of hydrogen-bond acceptors (Lipinski definition) is 5. The molecule has 3 heterocycles. The maximum Gasteiger partial charge on any atom is 0.422 e. The van der Waals surface area contributed by atoms with Gasteiger partial charge in [-0.05, 0) is 36.4 Å². The highest BCUT2D eigenvalue weighted by Crippen LogP contribution is 2.17. The third kappa shape index (κ3) is 2.78. The lowest BCUT2D eigenvalue weighted by Crippen LogP contribution is -2.47. The summed E-state index contributed by atoms with van der Waals surface area (Å²) in [6.07, 6.45) is 1.65. The van der Waals surface area contributed by atoms with E-state index < -0.39 is 0 Å². The molecule has 0 N–H and O–H groups in total. The molecule has 0 unspecified atom stereocenters. The first kappa shape index (κ1) is 14.9. The van der Waals surface area contributed by atoms with Gasteiger partial charge in [-0.15, -0.1) is 0 Å². The zero-order valence-corrected chi connectivity index (χ0v) is 13.1. The second-order valence-corrected chi connectivity index (χ2v) is 5.84. The summed E-state index contributed by atoms with van der Waals surface area (Å²) in [6, 6.07) is 10.0. The van der Waals surface area contributed by atoms with Gasteiger partial charge in [0, 0.05) is 38.1 Å². The van der Waals surface area contributed by atoms with E-state index in [1.54, 1.807) is 35.0 Å². The Labute approximate surface area is 137 Å². The molecule has 0 amide bonds. The highest BCUT2D eigenvalue weighted by molar-refractivity contribution is 5.67. The zero-order chi connectivity index (χ0) is 16.5. The lowest BCUT2D eigenvalue weighted by Gasteiger charge is -2.35. The SMILES string of the molecule is O=c1oc2cccnc2n1CN1CCN(c2ccc(F)cc2)CC1. The van der Waals surface area contributed by atoms with Crippen LogP contribution in [0.2, 0.25) is 0 Å². The van der Waals surface area contributed by atoms with Gasteiger partial charge >= 0.3 is 5.76 Å². The van der Waals surface area contributed by atoms with Crippen LogP contribution in [-0.2, 0) is 6.67 Å². The maximum absolute atomic E-state index is 13.0. The Morgan fingerprint density at radius 1 is 1.08 bits per heavy atom. The number of aromatic nitrogens is 2. The molecule has 0 aliphatic carbocycles. The van der Waals surface area contributed by atoms with E-state index in [-0.39, 0.29) is 11.6 Å². The number of pyridine rings is 1. The summed E-state index contributed by atoms with van der Waals surface area (Å²) in [5.41, 5.74) is 2.10. The summed E-state index contributed by atoms with van der Waals surface area (Å²) in [6.45, 7) is 3.72. The first-order valence-corrected chi connectivity index (χ1v) is 7.88. The van der Waals surface area contributed by atoms with E-state index in [9.17, 15) is 9.18 Å². The van der Waals surface area contributed by atoms with Gasteiger partial charge in [0.25, 0.3) is 0 Å². The molecule has 1 aliphatic heterocycles. The van der Waals surface area contributed by atoms with E-state index in [0.29, 0.717) is 17.9 Å². The number of halogens is 1. The minimum absolute atomic E-state index is 0.226. The lowest BCUT2D eigenvalue weighted by atomic mass is 10.2. The van der Waals surface area contributed by atoms with Crippen molar-refractivity contribution in [3.05, 3.63) is 59.0 Å². The zero-order valence-electron chi connectivity index (χ0n) is 13.1. The Morgan fingerprint density at radius 3 is 2.58 bits per heavy atom. The van der Waals surface area contributed by atoms with Crippen molar-refractivity contribution in [1.29, 1.82) is 0 Å². The van der Waals surface area contributed by atoms with Crippen LogP contribution in [0, 0.1) is 5.82 Å². The molecule has 1 fully saturated rings. The molecule has 3 aromatic rings. The topological polar surface area (TPSA) is 54.5 Å². The maximum atomic E-state index is 13.0. The first-order chi connectivity index (χ1) is 11.7. The van der Waals surface area contributed by atoms with E-state index in [1.165, 1.54) is 12.1 Å². The smallest absolute Gasteiger partial charge is 0.406 e. The van der Waals surface area contributed by atoms with Crippen LogP contribution < -0.4 is 10.7 Å². The van der Waals surface area contributed by atoms with Crippen LogP contribution in [0.25, 0.3) is 11.2 Å². The van der Waals surface area contributed by atoms with Gasteiger partial charge in [-0.25, -0.2) is 18.7 Å². The third-order valence-corrected chi connectivity index (χ3v) is 4.33. The second-order valence-electron chi connectivity index (χ2n) is 5.84. The molecule has 0 bridgehead atoms. The Balaban J connectivity index is 1.45. The average molecular weight is 328 g/mol. The largest absolute Gasteiger partial charge is 0.422 e. The molecule has 7 heteroatoms. The van der Waals surface area contributed by atoms with Crippen molar-refractivity contribution in [1.82, 2.24) is 14.5 Å². The number of piperazine rings is 1. The van der Waals surface area contributed by atoms with Crippen molar-refractivity contribution in [3.63, 3.8) is 0 Å². The molecule has 2 aromatic heterocycles. The van der Waals surface area contributed by atoms with Gasteiger partial charge in [0.1, 0.15) is 5.82 Å². The Morgan fingerprint density at radius 2 is 1.83 bits per heavy atom. The number of oxazole rings is 1. The van der Waals surface area contributed by atoms with Gasteiger partial charge in [0.05, 0.1) is 6.67 Å². The minimum atomic E-state index is -0.385. The summed E-state index contributed by atoms with van der Waals surface area (Å²) in [5, 5.41) is 0. The normalized spacial score (nSPS) is 16.0. The summed E-state index contributed by atoms with van der Waals surface area (Å²) < 4.78 is 19.8. The summed E-state index contributed by atoms with van der Waals surface area (Å²) in [7, 11) is 0. The molecular weight excluding hydrogens is 311 g/mol. The number of anilines is 1. The molecule has 0 saturated carbocycles. The van der Waals surface area contributed by atoms with Crippen molar-refractivity contribution in [2.24, 2.45) is 0 Å². The number of fused-ring (bicyclic) bond motifs is 1. The van der Waals surface area contributed by atoms with Crippen molar-refractivity contribution < 1.29 is 8.81 Å². The predicted octanol–water partition coefficient (Wildman–Crippen LogP) is 1.91. The molecule has 1 aromatic carbocycles. The standard InChI is InChI=1S/C17H17FN4O2/c18-13-3-5-14(6-4-13)21-10-8-20(9-11-21)12-22-16-15(24-17(22)23)2-1-7-19-16/h1-7H,8-12H2. The molecule has 0 radical (unpaired) electrons. The highest BCUT2D eigenvalue weighted by atomic mass is 19.1. The number of rotatable bonds is 3. The van der Waals surface area contributed by atoms with Crippen LogP contribution in [0.5, 0.6) is 0 Å². The van der Waals surface area contributed by atoms with E-state index >= 15 is 0 Å². The molecular formula is C17H17FN4O2. The Kier molecular flexibility index (Phi) is 3.78. The summed E-state index contributed by atoms with van der Waals surface area (Å²) in [5.74, 6) is -0.610. The molecule has 1 saturated heterocycles. The Hall–Kier alpha value is -2.67. The van der Waals surface area contributed by atoms with Crippen molar-refractivity contribution in [3.8, 4) is 0 Å². The van der Waals surface area contributed by atoms with Crippen LogP contribution in [0.1, 0.15) is 0 Å². The minimum Gasteiger partial charge on any atom is -0.406 e. The highest BCUT2D eigenvalue weighted by Gasteiger charge is 2.19. The molecule has 24 heavy (non-hydrogen) atoms. The first-order valence-electron chi connectivity index (χ1n) is 7.88. The fraction of sp³-hybridized carbons (Fsp3) is 0.294. The average Bonchev–Trinajstić information content (AvgIpc) is 2.92. The van der Waals surface area contributed by atoms with Gasteiger partial charge in [-0.2, -0.15) is 0 Å². The van der Waals surface area contributed by atoms with Crippen LogP contribution in [0.15, 0.2) is 51.8 Å². The van der Waals surface area contributed by atoms with Gasteiger partial charge in [-0.1, -0.05) is 0 Å². The van der Waals surface area contributed by atoms with Crippen LogP contribution in [0.3, 0.4) is 0 Å². The molecule has 6 nitrogen and oxygen atoms in total. The monoisotopic (exact) mass is 328 g/mol. The van der Waals surface area contributed by atoms with Crippen LogP contribution >= 0.6 is 0 Å². The van der Waals surface area contributed by atoms with Gasteiger partial charge in [0.2, 0.25) is 0 Å². The number of hydrogen-bond donors (Lipinski definition) is 0. The Bertz CT molecular complexity index is 895. The van der Waals surface area contributed by atoms with Gasteiger partial charge in [0.15, 0.2) is 11.2 Å². The van der Waals surface area contributed by atoms with Crippen molar-refractivity contribution >= 4 is 16.9 Å². The molecule has 0 atom stereocenters. The fourth-order valence-electron chi connectivity index (χ4n) is 3.02. The summed E-state index contributed by atoms with van der Waals surface area (Å²) in [4.78, 5) is 20.6. The third-order valence-electron chi connectivity index (χ3n) is 4.33. The second kappa shape index (κ2) is 6.09. The predicted molar refractivity (Wildman–Crippen MR) is 88.5 cm³/mol. The van der Waals surface area contributed by atoms with Crippen LogP contribution in [-0.4, -0.2) is 40.6 Å². The number of nitrogens with zero attached hydrogens (tertiary/aromatic N) is 4. The van der Waals surface area contributed by atoms with E-state index in [4.69, 9.17) is 4.42 Å². The van der Waals surface area contributed by atoms with Crippen molar-refractivity contribution in [2.75, 3.05) is 31.1 Å². The number of benzene rings is 1. The lowest BCUT2D eigenvalue weighted by molar-refractivity contribution is 0.201. The summed E-state index contributed by atoms with van der Waals surface area (Å²) >= 11 is 0. The van der Waals surface area contributed by atoms with Crippen LogP contribution in [0.4, 0.5) is 10.1 Å². The molecule has 4 rings (SSSR count). The molecule has 124 valence electrons. The van der Waals surface area contributed by atoms with Gasteiger partial charge < -0.3 is 9.32 Å². The van der Waals surface area contributed by atoms with Crippen molar-refractivity contribution in [2.45, 2.75) is 6.67 Å². The van der Waals surface area contributed by atoms with E-state index in [0.717, 1.165) is 31.9 Å².